The fraction of sp³-hybridized carbons (Fsp3) is 0.568. The summed E-state index contributed by atoms with van der Waals surface area (Å²) in [5.41, 5.74) is 5.91. The molecule has 3 amide bonds. The van der Waals surface area contributed by atoms with Crippen LogP contribution < -0.4 is 20.8 Å². The number of rotatable bonds is 15. The van der Waals surface area contributed by atoms with Gasteiger partial charge in [-0.15, -0.1) is 11.3 Å². The number of aliphatic hydroxyl groups excluding tert-OH is 1. The van der Waals surface area contributed by atoms with Crippen molar-refractivity contribution in [1.82, 2.24) is 26.1 Å². The van der Waals surface area contributed by atoms with E-state index in [1.165, 1.54) is 18.4 Å². The lowest BCUT2D eigenvalue weighted by Gasteiger charge is -2.35. The third-order valence-electron chi connectivity index (χ3n) is 9.26. The first kappa shape index (κ1) is 39.2. The molecule has 3 heterocycles. The Morgan fingerprint density at radius 2 is 1.92 bits per heavy atom. The molecular formula is C37H51N5O9S. The molecule has 2 fully saturated rings. The van der Waals surface area contributed by atoms with Crippen LogP contribution in [0, 0.1) is 17.3 Å². The third kappa shape index (κ3) is 11.2. The van der Waals surface area contributed by atoms with Gasteiger partial charge < -0.3 is 39.4 Å². The largest absolute Gasteiger partial charge is 0.488 e. The summed E-state index contributed by atoms with van der Waals surface area (Å²) in [6, 6.07) is 5.67. The number of allylic oxidation sites excluding steroid dienone is 3. The topological polar surface area (TPSA) is 170 Å². The average molecular weight is 742 g/mol. The number of hydrogen-bond acceptors (Lipinski definition) is 12. The van der Waals surface area contributed by atoms with Gasteiger partial charge in [-0.05, 0) is 48.3 Å². The Morgan fingerprint density at radius 3 is 2.62 bits per heavy atom. The van der Waals surface area contributed by atoms with E-state index in [4.69, 9.17) is 23.7 Å². The van der Waals surface area contributed by atoms with Crippen LogP contribution >= 0.6 is 11.3 Å². The van der Waals surface area contributed by atoms with Crippen molar-refractivity contribution in [3.8, 4) is 5.75 Å². The van der Waals surface area contributed by atoms with Crippen LogP contribution in [0.2, 0.25) is 0 Å². The lowest BCUT2D eigenvalue weighted by atomic mass is 9.86. The molecule has 1 aromatic heterocycles. The zero-order chi connectivity index (χ0) is 37.3. The first-order valence-corrected chi connectivity index (χ1v) is 18.5. The molecule has 5 rings (SSSR count). The number of ether oxygens (including phenoxy) is 5. The van der Waals surface area contributed by atoms with Crippen molar-refractivity contribution in [2.45, 2.75) is 84.1 Å². The van der Waals surface area contributed by atoms with Gasteiger partial charge in [0.2, 0.25) is 0 Å². The molecule has 2 saturated heterocycles. The van der Waals surface area contributed by atoms with E-state index in [1.807, 2.05) is 57.2 Å². The molecular weight excluding hydrogens is 691 g/mol. The molecule has 2 aromatic rings. The first-order chi connectivity index (χ1) is 24.9. The Hall–Kier alpha value is -4.02. The molecule has 14 nitrogen and oxygen atoms in total. The second kappa shape index (κ2) is 18.1. The van der Waals surface area contributed by atoms with Gasteiger partial charge in [0.05, 0.1) is 48.8 Å². The van der Waals surface area contributed by atoms with E-state index in [-0.39, 0.29) is 31.8 Å². The summed E-state index contributed by atoms with van der Waals surface area (Å²) in [7, 11) is 1.24. The van der Waals surface area contributed by atoms with Crippen LogP contribution in [0.3, 0.4) is 0 Å². The van der Waals surface area contributed by atoms with Gasteiger partial charge in [0.1, 0.15) is 24.5 Å². The summed E-state index contributed by atoms with van der Waals surface area (Å²) in [5, 5.41) is 19.0. The quantitative estimate of drug-likeness (QED) is 0.194. The summed E-state index contributed by atoms with van der Waals surface area (Å²) < 4.78 is 27.7. The Kier molecular flexibility index (Phi) is 13.7. The zero-order valence-electron chi connectivity index (χ0n) is 30.4. The molecule has 1 aliphatic carbocycles. The van der Waals surface area contributed by atoms with Crippen molar-refractivity contribution in [2.24, 2.45) is 17.3 Å². The Bertz CT molecular complexity index is 1550. The number of carbonyl (C=O) groups is 3. The van der Waals surface area contributed by atoms with E-state index in [1.54, 1.807) is 16.7 Å². The van der Waals surface area contributed by atoms with E-state index in [9.17, 15) is 19.5 Å². The Balaban J connectivity index is 1.33. The minimum atomic E-state index is -1.17. The standard InChI is InChI=1S/C37H51N5O9S/c1-23-7-6-8-25(15-23)18-42(41-33(44)32(37(2,3)4)40-35(45)47-5)19-30(43)29(39-36(46)51-31-21-50-34-28(31)13-14-48-34)16-24-9-11-26(12-10-24)49-20-27-17-38-22-52-27/h6-12,17,22-23,28-32,34,43H,13-16,18-21H2,1-5H3,(H,39,46)(H,40,45)(H,41,44)/t23?,28-,29-,30-,31?,32+,34+/m0/s1. The number of hydrazine groups is 1. The lowest BCUT2D eigenvalue weighted by Crippen LogP contribution is -2.59. The summed E-state index contributed by atoms with van der Waals surface area (Å²) in [5.74, 6) is 0.445. The molecule has 1 aromatic carbocycles. The van der Waals surface area contributed by atoms with Gasteiger partial charge in [-0.3, -0.25) is 15.2 Å². The minimum absolute atomic E-state index is 0.0492. The van der Waals surface area contributed by atoms with Crippen molar-refractivity contribution in [3.05, 3.63) is 70.2 Å². The maximum absolute atomic E-state index is 13.8. The highest BCUT2D eigenvalue weighted by Crippen LogP contribution is 2.33. The zero-order valence-corrected chi connectivity index (χ0v) is 31.2. The predicted octanol–water partition coefficient (Wildman–Crippen LogP) is 4.11. The van der Waals surface area contributed by atoms with Crippen molar-refractivity contribution in [1.29, 1.82) is 0 Å². The summed E-state index contributed by atoms with van der Waals surface area (Å²) in [6.45, 7) is 9.02. The van der Waals surface area contributed by atoms with E-state index in [0.717, 1.165) is 28.9 Å². The second-order valence-electron chi connectivity index (χ2n) is 14.6. The number of benzene rings is 1. The van der Waals surface area contributed by atoms with Gasteiger partial charge in [0.25, 0.3) is 5.91 Å². The maximum Gasteiger partial charge on any atom is 0.407 e. The molecule has 2 aliphatic heterocycles. The van der Waals surface area contributed by atoms with Crippen LogP contribution in [-0.2, 0) is 36.8 Å². The lowest BCUT2D eigenvalue weighted by molar-refractivity contribution is -0.131. The summed E-state index contributed by atoms with van der Waals surface area (Å²) in [6.07, 6.45) is 6.14. The van der Waals surface area contributed by atoms with Gasteiger partial charge in [0.15, 0.2) is 6.29 Å². The van der Waals surface area contributed by atoms with Crippen LogP contribution in [0.5, 0.6) is 5.75 Å². The number of amides is 3. The molecule has 7 atom stereocenters. The number of methoxy groups -OCH3 is 1. The van der Waals surface area contributed by atoms with Gasteiger partial charge in [-0.1, -0.05) is 63.6 Å². The summed E-state index contributed by atoms with van der Waals surface area (Å²) in [4.78, 5) is 44.4. The Morgan fingerprint density at radius 1 is 1.13 bits per heavy atom. The van der Waals surface area contributed by atoms with Gasteiger partial charge in [-0.2, -0.15) is 0 Å². The minimum Gasteiger partial charge on any atom is -0.488 e. The SMILES string of the molecule is COC(=O)N[C@H](C(=O)NN(CC1=CC=CC(C)C1)C[C@H](O)[C@H](Cc1ccc(OCc2cncs2)cc1)NC(=O)OC1CO[C@H]2OCC[C@@H]12)C(C)(C)C. The van der Waals surface area contributed by atoms with E-state index in [0.29, 0.717) is 31.4 Å². The van der Waals surface area contributed by atoms with Crippen LogP contribution in [-0.4, -0.2) is 97.2 Å². The van der Waals surface area contributed by atoms with Crippen LogP contribution in [0.15, 0.2) is 59.8 Å². The van der Waals surface area contributed by atoms with Crippen molar-refractivity contribution >= 4 is 29.4 Å². The number of nitrogens with one attached hydrogen (secondary N) is 3. The fourth-order valence-electron chi connectivity index (χ4n) is 6.47. The average Bonchev–Trinajstić information content (AvgIpc) is 3.87. The number of aromatic nitrogens is 1. The molecule has 0 bridgehead atoms. The predicted molar refractivity (Wildman–Crippen MR) is 193 cm³/mol. The Labute approximate surface area is 308 Å². The third-order valence-corrected chi connectivity index (χ3v) is 10.0. The number of thiazole rings is 1. The van der Waals surface area contributed by atoms with Crippen molar-refractivity contribution < 1.29 is 43.2 Å². The monoisotopic (exact) mass is 741 g/mol. The highest BCUT2D eigenvalue weighted by Gasteiger charge is 2.44. The molecule has 15 heteroatoms. The highest BCUT2D eigenvalue weighted by atomic mass is 32.1. The highest BCUT2D eigenvalue weighted by molar-refractivity contribution is 7.09. The number of alkyl carbamates (subject to hydrolysis) is 2. The van der Waals surface area contributed by atoms with Crippen LogP contribution in [0.1, 0.15) is 51.0 Å². The molecule has 52 heavy (non-hydrogen) atoms. The fourth-order valence-corrected chi connectivity index (χ4v) is 6.97. The number of fused-ring (bicyclic) bond motifs is 1. The normalized spacial score (nSPS) is 22.9. The maximum atomic E-state index is 13.8. The van der Waals surface area contributed by atoms with Crippen molar-refractivity contribution in [2.75, 3.05) is 33.4 Å². The molecule has 0 radical (unpaired) electrons. The van der Waals surface area contributed by atoms with Crippen LogP contribution in [0.25, 0.3) is 0 Å². The molecule has 4 N–H and O–H groups in total. The number of carbonyl (C=O) groups excluding carboxylic acids is 3. The molecule has 0 spiro atoms. The number of aliphatic hydroxyl groups is 1. The molecule has 284 valence electrons. The molecule has 3 aliphatic rings. The second-order valence-corrected chi connectivity index (χ2v) is 15.5. The van der Waals surface area contributed by atoms with Gasteiger partial charge in [-0.25, -0.2) is 14.6 Å². The molecule has 2 unspecified atom stereocenters. The first-order valence-electron chi connectivity index (χ1n) is 17.6. The number of nitrogens with zero attached hydrogens (tertiary/aromatic N) is 2. The van der Waals surface area contributed by atoms with E-state index in [2.05, 4.69) is 34.0 Å². The number of hydrogen-bond donors (Lipinski definition) is 4. The van der Waals surface area contributed by atoms with Crippen molar-refractivity contribution in [3.63, 3.8) is 0 Å². The van der Waals surface area contributed by atoms with E-state index < -0.39 is 47.8 Å². The van der Waals surface area contributed by atoms with Gasteiger partial charge >= 0.3 is 12.2 Å². The summed E-state index contributed by atoms with van der Waals surface area (Å²) >= 11 is 1.51. The molecule has 0 saturated carbocycles. The van der Waals surface area contributed by atoms with E-state index >= 15 is 0 Å². The smallest absolute Gasteiger partial charge is 0.407 e. The van der Waals surface area contributed by atoms with Gasteiger partial charge in [0, 0.05) is 19.3 Å². The van der Waals surface area contributed by atoms with Crippen LogP contribution in [0.4, 0.5) is 9.59 Å².